The summed E-state index contributed by atoms with van der Waals surface area (Å²) in [6.45, 7) is 3.30. The smallest absolute Gasteiger partial charge is 0.416 e. The van der Waals surface area contributed by atoms with Crippen molar-refractivity contribution in [3.8, 4) is 5.75 Å². The molecule has 0 N–H and O–H groups in total. The maximum atomic E-state index is 14.7. The number of fused-ring (bicyclic) bond motifs is 1. The van der Waals surface area contributed by atoms with Crippen LogP contribution in [0.4, 0.5) is 23.2 Å². The normalized spacial score (nSPS) is 18.1. The molecule has 0 unspecified atom stereocenters. The second kappa shape index (κ2) is 9.75. The first-order valence-corrected chi connectivity index (χ1v) is 12.9. The number of aromatic nitrogens is 2. The molecule has 6 rings (SSSR count). The zero-order valence-electron chi connectivity index (χ0n) is 21.2. The summed E-state index contributed by atoms with van der Waals surface area (Å²) < 4.78 is 70.5. The van der Waals surface area contributed by atoms with Crippen molar-refractivity contribution in [2.45, 2.75) is 38.2 Å². The number of benzene rings is 3. The Morgan fingerprint density at radius 2 is 1.79 bits per heavy atom. The molecule has 3 heterocycles. The van der Waals surface area contributed by atoms with Crippen LogP contribution in [0.1, 0.15) is 29.2 Å². The van der Waals surface area contributed by atoms with Gasteiger partial charge in [0.15, 0.2) is 0 Å². The van der Waals surface area contributed by atoms with Gasteiger partial charge in [0.25, 0.3) is 0 Å². The van der Waals surface area contributed by atoms with Crippen LogP contribution in [0, 0.1) is 12.7 Å². The molecule has 0 spiro atoms. The first-order valence-electron chi connectivity index (χ1n) is 12.9. The summed E-state index contributed by atoms with van der Waals surface area (Å²) in [5.74, 6) is 0.0912. The molecule has 4 aromatic rings. The van der Waals surface area contributed by atoms with E-state index in [2.05, 4.69) is 0 Å². The maximum Gasteiger partial charge on any atom is 0.416 e. The van der Waals surface area contributed by atoms with Crippen LogP contribution in [0.25, 0.3) is 11.0 Å². The first-order chi connectivity index (χ1) is 18.7. The Bertz CT molecular complexity index is 1570. The largest absolute Gasteiger partial charge is 0.483 e. The highest BCUT2D eigenvalue weighted by molar-refractivity contribution is 5.83. The number of alkyl halides is 3. The van der Waals surface area contributed by atoms with Crippen LogP contribution in [0.5, 0.6) is 5.75 Å². The molecule has 0 aliphatic carbocycles. The molecular formula is C29H27F4N3O3. The average molecular weight is 542 g/mol. The van der Waals surface area contributed by atoms with E-state index in [1.54, 1.807) is 28.8 Å². The minimum absolute atomic E-state index is 0.0111. The fraction of sp³-hybridized carbons (Fsp3) is 0.345. The van der Waals surface area contributed by atoms with Crippen molar-refractivity contribution in [3.63, 3.8) is 0 Å². The highest BCUT2D eigenvalue weighted by Crippen LogP contribution is 2.36. The number of hydrogen-bond acceptors (Lipinski definition) is 4. The van der Waals surface area contributed by atoms with E-state index in [9.17, 15) is 22.4 Å². The van der Waals surface area contributed by atoms with Gasteiger partial charge >= 0.3 is 11.9 Å². The fourth-order valence-corrected chi connectivity index (χ4v) is 5.65. The Labute approximate surface area is 222 Å². The van der Waals surface area contributed by atoms with Crippen LogP contribution < -0.4 is 15.3 Å². The summed E-state index contributed by atoms with van der Waals surface area (Å²) in [6.07, 6.45) is -4.19. The molecule has 0 amide bonds. The van der Waals surface area contributed by atoms with Crippen LogP contribution in [0.2, 0.25) is 0 Å². The topological polar surface area (TPSA) is 48.6 Å². The van der Waals surface area contributed by atoms with Gasteiger partial charge in [0.2, 0.25) is 0 Å². The lowest BCUT2D eigenvalue weighted by molar-refractivity contribution is -0.138. The summed E-state index contributed by atoms with van der Waals surface area (Å²) in [6, 6.07) is 15.2. The van der Waals surface area contributed by atoms with Crippen molar-refractivity contribution in [1.82, 2.24) is 9.13 Å². The molecule has 2 saturated heterocycles. The number of rotatable bonds is 6. The van der Waals surface area contributed by atoms with Gasteiger partial charge in [0.1, 0.15) is 23.2 Å². The molecule has 10 heteroatoms. The summed E-state index contributed by atoms with van der Waals surface area (Å²) in [5, 5.41) is 0. The number of nitrogens with zero attached hydrogens (tertiary/aromatic N) is 3. The van der Waals surface area contributed by atoms with Crippen molar-refractivity contribution in [2.75, 3.05) is 31.2 Å². The number of ether oxygens (including phenoxy) is 2. The third kappa shape index (κ3) is 4.56. The summed E-state index contributed by atoms with van der Waals surface area (Å²) in [4.78, 5) is 15.9. The Balaban J connectivity index is 1.46. The van der Waals surface area contributed by atoms with Gasteiger partial charge in [-0.15, -0.1) is 0 Å². The molecular weight excluding hydrogens is 514 g/mol. The van der Waals surface area contributed by atoms with Gasteiger partial charge in [-0.2, -0.15) is 13.2 Å². The van der Waals surface area contributed by atoms with E-state index in [1.165, 1.54) is 28.8 Å². The lowest BCUT2D eigenvalue weighted by atomic mass is 10.1. The van der Waals surface area contributed by atoms with Crippen LogP contribution >= 0.6 is 0 Å². The lowest BCUT2D eigenvalue weighted by Gasteiger charge is -2.27. The molecule has 1 atom stereocenters. The summed E-state index contributed by atoms with van der Waals surface area (Å²) >= 11 is 0. The van der Waals surface area contributed by atoms with Gasteiger partial charge in [-0.1, -0.05) is 36.4 Å². The van der Waals surface area contributed by atoms with Crippen LogP contribution in [0.3, 0.4) is 0 Å². The van der Waals surface area contributed by atoms with Gasteiger partial charge in [-0.3, -0.25) is 9.13 Å². The van der Waals surface area contributed by atoms with Gasteiger partial charge < -0.3 is 14.4 Å². The van der Waals surface area contributed by atoms with Gasteiger partial charge in [0, 0.05) is 13.1 Å². The van der Waals surface area contributed by atoms with E-state index in [1.807, 2.05) is 17.9 Å². The van der Waals surface area contributed by atoms with E-state index in [-0.39, 0.29) is 30.1 Å². The second-order valence-electron chi connectivity index (χ2n) is 10.1. The molecule has 2 fully saturated rings. The van der Waals surface area contributed by atoms with Crippen LogP contribution in [-0.4, -0.2) is 41.5 Å². The van der Waals surface area contributed by atoms with Crippen molar-refractivity contribution in [3.05, 3.63) is 93.7 Å². The zero-order valence-corrected chi connectivity index (χ0v) is 21.2. The Morgan fingerprint density at radius 1 is 1.03 bits per heavy atom. The molecule has 0 saturated carbocycles. The molecule has 2 aliphatic rings. The SMILES string of the molecule is Cc1cccc(F)c1N1CC[C@@H](n2c(=O)n(Cc3ccccc3C(F)(F)F)c3c(OC4COC4)cccc32)C1. The van der Waals surface area contributed by atoms with Crippen molar-refractivity contribution < 1.29 is 27.0 Å². The number of aryl methyl sites for hydroxylation is 1. The van der Waals surface area contributed by atoms with E-state index < -0.39 is 17.4 Å². The summed E-state index contributed by atoms with van der Waals surface area (Å²) in [7, 11) is 0. The molecule has 0 radical (unpaired) electrons. The predicted octanol–water partition coefficient (Wildman–Crippen LogP) is 5.55. The van der Waals surface area contributed by atoms with Gasteiger partial charge in [0.05, 0.1) is 42.6 Å². The standard InChI is InChI=1S/C29H27F4N3O3/c1-18-6-4-9-23(30)26(18)34-13-12-20(15-34)36-24-10-5-11-25(39-21-16-38-17-21)27(24)35(28(36)37)14-19-7-2-3-8-22(19)29(31,32)33/h2-11,20-21H,12-17H2,1H3/t20-/m1/s1. The third-order valence-corrected chi connectivity index (χ3v) is 7.53. The van der Waals surface area contributed by atoms with Crippen LogP contribution in [-0.2, 0) is 17.5 Å². The molecule has 1 aromatic heterocycles. The Hall–Kier alpha value is -3.79. The minimum Gasteiger partial charge on any atom is -0.483 e. The third-order valence-electron chi connectivity index (χ3n) is 7.53. The molecule has 6 nitrogen and oxygen atoms in total. The molecule has 3 aromatic carbocycles. The number of para-hydroxylation sites is 2. The lowest BCUT2D eigenvalue weighted by Crippen LogP contribution is -2.38. The fourth-order valence-electron chi connectivity index (χ4n) is 5.65. The highest BCUT2D eigenvalue weighted by atomic mass is 19.4. The Kier molecular flexibility index (Phi) is 6.37. The van der Waals surface area contributed by atoms with E-state index in [0.29, 0.717) is 55.2 Å². The molecule has 204 valence electrons. The number of hydrogen-bond donors (Lipinski definition) is 0. The van der Waals surface area contributed by atoms with Gasteiger partial charge in [-0.25, -0.2) is 9.18 Å². The zero-order chi connectivity index (χ0) is 27.3. The molecule has 0 bridgehead atoms. The minimum atomic E-state index is -4.56. The quantitative estimate of drug-likeness (QED) is 0.301. The monoisotopic (exact) mass is 541 g/mol. The maximum absolute atomic E-state index is 14.7. The van der Waals surface area contributed by atoms with Crippen molar-refractivity contribution in [2.24, 2.45) is 0 Å². The average Bonchev–Trinajstić information content (AvgIpc) is 3.44. The van der Waals surface area contributed by atoms with Crippen LogP contribution in [0.15, 0.2) is 65.5 Å². The summed E-state index contributed by atoms with van der Waals surface area (Å²) in [5.41, 5.74) is 1.08. The highest BCUT2D eigenvalue weighted by Gasteiger charge is 2.35. The first kappa shape index (κ1) is 25.5. The predicted molar refractivity (Wildman–Crippen MR) is 139 cm³/mol. The molecule has 39 heavy (non-hydrogen) atoms. The molecule has 2 aliphatic heterocycles. The van der Waals surface area contributed by atoms with E-state index >= 15 is 0 Å². The van der Waals surface area contributed by atoms with E-state index in [0.717, 1.165) is 11.6 Å². The second-order valence-corrected chi connectivity index (χ2v) is 10.1. The Morgan fingerprint density at radius 3 is 2.51 bits per heavy atom. The van der Waals surface area contributed by atoms with Crippen molar-refractivity contribution in [1.29, 1.82) is 0 Å². The number of imidazole rings is 1. The number of anilines is 1. The van der Waals surface area contributed by atoms with Gasteiger partial charge in [-0.05, 0) is 48.7 Å². The van der Waals surface area contributed by atoms with E-state index in [4.69, 9.17) is 9.47 Å². The number of halogens is 4. The van der Waals surface area contributed by atoms with Crippen molar-refractivity contribution >= 4 is 16.7 Å².